The molecule has 2 fully saturated rings. The van der Waals surface area contributed by atoms with E-state index in [1.54, 1.807) is 15.8 Å². The molecule has 2 aromatic heterocycles. The Morgan fingerprint density at radius 1 is 1.14 bits per heavy atom. The number of pyridine rings is 1. The summed E-state index contributed by atoms with van der Waals surface area (Å²) in [5, 5.41) is 8.03. The second kappa shape index (κ2) is 12.3. The third kappa shape index (κ3) is 6.36. The highest BCUT2D eigenvalue weighted by Crippen LogP contribution is 2.40. The molecule has 0 bridgehead atoms. The van der Waals surface area contributed by atoms with E-state index < -0.39 is 24.6 Å². The quantitative estimate of drug-likeness (QED) is 0.318. The molecule has 1 unspecified atom stereocenters. The molecule has 1 aliphatic carbocycles. The van der Waals surface area contributed by atoms with Gasteiger partial charge in [-0.1, -0.05) is 6.07 Å². The maximum atomic E-state index is 15.5. The van der Waals surface area contributed by atoms with Gasteiger partial charge in [0.1, 0.15) is 18.0 Å². The monoisotopic (exact) mass is 613 g/mol. The highest BCUT2D eigenvalue weighted by molar-refractivity contribution is 5.92. The number of nitrogens with one attached hydrogen (secondary N) is 1. The van der Waals surface area contributed by atoms with Crippen molar-refractivity contribution in [1.29, 1.82) is 0 Å². The lowest BCUT2D eigenvalue weighted by atomic mass is 9.93. The Bertz CT molecular complexity index is 1540. The van der Waals surface area contributed by atoms with Crippen LogP contribution in [0, 0.1) is 5.95 Å². The number of allylic oxidation sites excluding steroid dienone is 1. The summed E-state index contributed by atoms with van der Waals surface area (Å²) in [7, 11) is 0. The van der Waals surface area contributed by atoms with Gasteiger partial charge in [0, 0.05) is 31.7 Å². The average molecular weight is 614 g/mol. The molecule has 3 aromatic rings. The number of hydrogen-bond acceptors (Lipinski definition) is 7. The van der Waals surface area contributed by atoms with E-state index in [-0.39, 0.29) is 18.4 Å². The number of ether oxygens (including phenoxy) is 3. The standard InChI is InChI=1S/C32H38F3N5O4/c1-32(2,3)44-31(41)39-16-20(17-39)37-19-10-12-23(36-15-19)28-22-11-13-24-29(21(22)7-6-8-25(28)43-18-26(33)34)30(35)38-40(24)27-9-4-5-14-42-27/h10-13,15,20,26-27,37H,4-9,14,16-18H2,1-3H3. The number of halogens is 3. The van der Waals surface area contributed by atoms with E-state index in [1.807, 2.05) is 45.0 Å². The number of aromatic nitrogens is 3. The Balaban J connectivity index is 1.28. The number of carbonyl (C=O) groups excluding carboxylic acids is 1. The first-order chi connectivity index (χ1) is 21.1. The van der Waals surface area contributed by atoms with Crippen molar-refractivity contribution in [3.63, 3.8) is 0 Å². The summed E-state index contributed by atoms with van der Waals surface area (Å²) in [6.45, 7) is 6.37. The number of rotatable bonds is 7. The van der Waals surface area contributed by atoms with Crippen LogP contribution >= 0.6 is 0 Å². The SMILES string of the molecule is CC(C)(C)OC(=O)N1CC(Nc2ccc(C3=C(OCC(F)F)CCCc4c3ccc3c4c(F)nn3C3CCCCO3)nc2)C1. The van der Waals surface area contributed by atoms with Crippen LogP contribution < -0.4 is 5.32 Å². The lowest BCUT2D eigenvalue weighted by Gasteiger charge is -2.40. The summed E-state index contributed by atoms with van der Waals surface area (Å²) < 4.78 is 60.7. The third-order valence-electron chi connectivity index (χ3n) is 8.05. The van der Waals surface area contributed by atoms with Crippen molar-refractivity contribution in [1.82, 2.24) is 19.7 Å². The number of carbonyl (C=O) groups is 1. The number of alkyl halides is 2. The van der Waals surface area contributed by atoms with Crippen molar-refractivity contribution in [2.75, 3.05) is 31.6 Å². The van der Waals surface area contributed by atoms with E-state index in [0.29, 0.717) is 72.5 Å². The lowest BCUT2D eigenvalue weighted by Crippen LogP contribution is -2.57. The Morgan fingerprint density at radius 2 is 1.95 bits per heavy atom. The number of nitrogens with zero attached hydrogens (tertiary/aromatic N) is 4. The second-order valence-electron chi connectivity index (χ2n) is 12.6. The van der Waals surface area contributed by atoms with Gasteiger partial charge in [0.25, 0.3) is 6.43 Å². The largest absolute Gasteiger partial charge is 0.491 e. The Morgan fingerprint density at radius 3 is 2.64 bits per heavy atom. The summed E-state index contributed by atoms with van der Waals surface area (Å²) in [5.74, 6) is -0.164. The summed E-state index contributed by atoms with van der Waals surface area (Å²) in [4.78, 5) is 18.6. The molecule has 1 aromatic carbocycles. The van der Waals surface area contributed by atoms with Gasteiger partial charge in [0.05, 0.1) is 34.5 Å². The van der Waals surface area contributed by atoms with Crippen molar-refractivity contribution >= 4 is 28.3 Å². The van der Waals surface area contributed by atoms with Crippen LogP contribution in [-0.2, 0) is 20.6 Å². The molecule has 1 N–H and O–H groups in total. The predicted molar refractivity (Wildman–Crippen MR) is 159 cm³/mol. The average Bonchev–Trinajstić information content (AvgIpc) is 3.18. The topological polar surface area (TPSA) is 90.7 Å². The molecule has 2 aliphatic heterocycles. The molecule has 1 amide bonds. The van der Waals surface area contributed by atoms with Crippen LogP contribution in [0.2, 0.25) is 0 Å². The molecule has 12 heteroatoms. The molecular weight excluding hydrogens is 575 g/mol. The molecule has 9 nitrogen and oxygen atoms in total. The first kappa shape index (κ1) is 30.2. The van der Waals surface area contributed by atoms with Crippen molar-refractivity contribution in [2.24, 2.45) is 0 Å². The molecule has 0 radical (unpaired) electrons. The van der Waals surface area contributed by atoms with Gasteiger partial charge in [-0.25, -0.2) is 18.3 Å². The summed E-state index contributed by atoms with van der Waals surface area (Å²) >= 11 is 0. The maximum Gasteiger partial charge on any atom is 0.410 e. The molecule has 1 atom stereocenters. The third-order valence-corrected chi connectivity index (χ3v) is 8.05. The number of benzene rings is 1. The van der Waals surface area contributed by atoms with Gasteiger partial charge >= 0.3 is 6.09 Å². The van der Waals surface area contributed by atoms with E-state index >= 15 is 4.39 Å². The van der Waals surface area contributed by atoms with E-state index in [1.165, 1.54) is 0 Å². The zero-order valence-corrected chi connectivity index (χ0v) is 25.2. The van der Waals surface area contributed by atoms with Gasteiger partial charge in [0.15, 0.2) is 6.23 Å². The highest BCUT2D eigenvalue weighted by Gasteiger charge is 2.34. The number of fused-ring (bicyclic) bond motifs is 3. The smallest absolute Gasteiger partial charge is 0.410 e. The zero-order valence-electron chi connectivity index (χ0n) is 25.2. The Hall–Kier alpha value is -3.80. The van der Waals surface area contributed by atoms with Gasteiger partial charge in [-0.3, -0.25) is 4.98 Å². The van der Waals surface area contributed by atoms with Gasteiger partial charge < -0.3 is 24.4 Å². The number of likely N-dealkylation sites (tertiary alicyclic amines) is 1. The van der Waals surface area contributed by atoms with Gasteiger partial charge in [-0.2, -0.15) is 4.39 Å². The molecule has 236 valence electrons. The molecule has 0 spiro atoms. The summed E-state index contributed by atoms with van der Waals surface area (Å²) in [6.07, 6.45) is 2.60. The maximum absolute atomic E-state index is 15.5. The van der Waals surface area contributed by atoms with Crippen LogP contribution in [0.4, 0.5) is 23.7 Å². The zero-order chi connectivity index (χ0) is 31.0. The van der Waals surface area contributed by atoms with Crippen LogP contribution in [0.15, 0.2) is 36.2 Å². The fourth-order valence-corrected chi connectivity index (χ4v) is 6.08. The van der Waals surface area contributed by atoms with Crippen LogP contribution in [0.1, 0.15) is 75.9 Å². The fourth-order valence-electron chi connectivity index (χ4n) is 6.08. The summed E-state index contributed by atoms with van der Waals surface area (Å²) in [6, 6.07) is 7.42. The normalized spacial score (nSPS) is 19.5. The molecular formula is C32H38F3N5O4. The van der Waals surface area contributed by atoms with E-state index in [4.69, 9.17) is 14.2 Å². The van der Waals surface area contributed by atoms with Crippen LogP contribution in [0.5, 0.6) is 0 Å². The van der Waals surface area contributed by atoms with Crippen molar-refractivity contribution < 1.29 is 32.2 Å². The molecule has 6 rings (SSSR count). The van der Waals surface area contributed by atoms with Crippen molar-refractivity contribution in [2.45, 2.75) is 83.6 Å². The molecule has 3 aliphatic rings. The van der Waals surface area contributed by atoms with Gasteiger partial charge in [-0.15, -0.1) is 5.10 Å². The Labute approximate surface area is 254 Å². The first-order valence-corrected chi connectivity index (χ1v) is 15.2. The highest BCUT2D eigenvalue weighted by atomic mass is 19.3. The molecule has 44 heavy (non-hydrogen) atoms. The fraction of sp³-hybridized carbons (Fsp3) is 0.531. The number of aryl methyl sites for hydroxylation is 1. The molecule has 2 saturated heterocycles. The predicted octanol–water partition coefficient (Wildman–Crippen LogP) is 6.68. The summed E-state index contributed by atoms with van der Waals surface area (Å²) in [5.41, 5.74) is 3.42. The lowest BCUT2D eigenvalue weighted by molar-refractivity contribution is -0.0375. The molecule has 0 saturated carbocycles. The van der Waals surface area contributed by atoms with E-state index in [0.717, 1.165) is 30.5 Å². The van der Waals surface area contributed by atoms with Crippen molar-refractivity contribution in [3.05, 3.63) is 59.0 Å². The van der Waals surface area contributed by atoms with Gasteiger partial charge in [0.2, 0.25) is 5.95 Å². The van der Waals surface area contributed by atoms with Crippen molar-refractivity contribution in [3.8, 4) is 0 Å². The van der Waals surface area contributed by atoms with Gasteiger partial charge in [-0.05, 0) is 82.2 Å². The second-order valence-corrected chi connectivity index (χ2v) is 12.6. The van der Waals surface area contributed by atoms with E-state index in [2.05, 4.69) is 15.4 Å². The van der Waals surface area contributed by atoms with Crippen LogP contribution in [-0.4, -0.2) is 70.1 Å². The number of amides is 1. The number of hydrogen-bond donors (Lipinski definition) is 1. The molecule has 4 heterocycles. The first-order valence-electron chi connectivity index (χ1n) is 15.2. The van der Waals surface area contributed by atoms with Crippen LogP contribution in [0.25, 0.3) is 16.5 Å². The minimum absolute atomic E-state index is 0.0406. The minimum Gasteiger partial charge on any atom is -0.491 e. The number of anilines is 1. The minimum atomic E-state index is -2.64. The van der Waals surface area contributed by atoms with Crippen LogP contribution in [0.3, 0.4) is 0 Å². The Kier molecular flexibility index (Phi) is 8.45. The van der Waals surface area contributed by atoms with E-state index in [9.17, 15) is 13.6 Å².